The van der Waals surface area contributed by atoms with Crippen molar-refractivity contribution in [3.05, 3.63) is 0 Å². The maximum absolute atomic E-state index is 3.47. The average molecular weight is 196 g/mol. The number of rotatable bonds is 4. The molecular weight excluding hydrogens is 172 g/mol. The summed E-state index contributed by atoms with van der Waals surface area (Å²) >= 11 is 0. The molecule has 2 nitrogen and oxygen atoms in total. The van der Waals surface area contributed by atoms with Gasteiger partial charge in [0, 0.05) is 6.04 Å². The zero-order chi connectivity index (χ0) is 9.97. The Morgan fingerprint density at radius 3 is 2.50 bits per heavy atom. The van der Waals surface area contributed by atoms with E-state index >= 15 is 0 Å². The van der Waals surface area contributed by atoms with E-state index in [1.165, 1.54) is 45.2 Å². The Kier molecular flexibility index (Phi) is 3.45. The summed E-state index contributed by atoms with van der Waals surface area (Å²) in [4.78, 5) is 2.46. The zero-order valence-electron chi connectivity index (χ0n) is 9.63. The first-order chi connectivity index (χ1) is 6.77. The molecule has 0 radical (unpaired) electrons. The van der Waals surface area contributed by atoms with Crippen LogP contribution in [-0.4, -0.2) is 38.1 Å². The van der Waals surface area contributed by atoms with Crippen molar-refractivity contribution < 1.29 is 0 Å². The molecule has 1 heterocycles. The van der Waals surface area contributed by atoms with Crippen LogP contribution >= 0.6 is 0 Å². The lowest BCUT2D eigenvalue weighted by atomic mass is 9.76. The summed E-state index contributed by atoms with van der Waals surface area (Å²) in [5, 5.41) is 3.47. The highest BCUT2D eigenvalue weighted by Crippen LogP contribution is 2.35. The van der Waals surface area contributed by atoms with Crippen LogP contribution in [-0.2, 0) is 0 Å². The van der Waals surface area contributed by atoms with Crippen molar-refractivity contribution in [2.24, 2.45) is 11.8 Å². The van der Waals surface area contributed by atoms with Crippen molar-refractivity contribution in [3.8, 4) is 0 Å². The monoisotopic (exact) mass is 196 g/mol. The molecule has 0 aromatic carbocycles. The first kappa shape index (κ1) is 10.4. The van der Waals surface area contributed by atoms with Crippen LogP contribution in [0.25, 0.3) is 0 Å². The third kappa shape index (κ3) is 2.29. The van der Waals surface area contributed by atoms with Crippen LogP contribution in [0.15, 0.2) is 0 Å². The number of nitrogens with one attached hydrogen (secondary N) is 1. The molecule has 1 saturated heterocycles. The van der Waals surface area contributed by atoms with Gasteiger partial charge in [0.1, 0.15) is 0 Å². The minimum absolute atomic E-state index is 0.855. The maximum atomic E-state index is 3.47. The van der Waals surface area contributed by atoms with Crippen molar-refractivity contribution in [1.29, 1.82) is 0 Å². The van der Waals surface area contributed by atoms with E-state index in [9.17, 15) is 0 Å². The highest BCUT2D eigenvalue weighted by molar-refractivity contribution is 4.86. The molecule has 2 rings (SSSR count). The normalized spacial score (nSPS) is 30.6. The molecule has 2 atom stereocenters. The smallest absolute Gasteiger partial charge is 0.0120 e. The van der Waals surface area contributed by atoms with Crippen molar-refractivity contribution >= 4 is 0 Å². The number of hydrogen-bond acceptors (Lipinski definition) is 2. The van der Waals surface area contributed by atoms with Crippen molar-refractivity contribution in [2.75, 3.05) is 27.2 Å². The van der Waals surface area contributed by atoms with Crippen LogP contribution in [0.2, 0.25) is 0 Å². The standard InChI is InChI=1S/C12H24N2/c1-14(2)12(11-4-3-5-11)8-10-6-7-13-9-10/h10-13H,3-9H2,1-2H3. The second kappa shape index (κ2) is 4.63. The van der Waals surface area contributed by atoms with E-state index in [-0.39, 0.29) is 0 Å². The molecular formula is C12H24N2. The molecule has 0 amide bonds. The van der Waals surface area contributed by atoms with Gasteiger partial charge in [0.25, 0.3) is 0 Å². The minimum Gasteiger partial charge on any atom is -0.316 e. The first-order valence-corrected chi connectivity index (χ1v) is 6.14. The van der Waals surface area contributed by atoms with Crippen molar-refractivity contribution in [3.63, 3.8) is 0 Å². The summed E-state index contributed by atoms with van der Waals surface area (Å²) in [6.07, 6.45) is 7.24. The van der Waals surface area contributed by atoms with Crippen molar-refractivity contribution in [1.82, 2.24) is 10.2 Å². The lowest BCUT2D eigenvalue weighted by molar-refractivity contribution is 0.119. The Morgan fingerprint density at radius 1 is 1.29 bits per heavy atom. The molecule has 2 fully saturated rings. The van der Waals surface area contributed by atoms with E-state index < -0.39 is 0 Å². The fourth-order valence-electron chi connectivity index (χ4n) is 2.91. The molecule has 0 aromatic rings. The molecule has 1 aliphatic heterocycles. The molecule has 2 aliphatic rings. The van der Waals surface area contributed by atoms with Gasteiger partial charge in [0.15, 0.2) is 0 Å². The van der Waals surface area contributed by atoms with E-state index in [0.29, 0.717) is 0 Å². The van der Waals surface area contributed by atoms with Crippen LogP contribution < -0.4 is 5.32 Å². The lowest BCUT2D eigenvalue weighted by Crippen LogP contribution is -2.40. The topological polar surface area (TPSA) is 15.3 Å². The predicted octanol–water partition coefficient (Wildman–Crippen LogP) is 1.72. The van der Waals surface area contributed by atoms with E-state index in [2.05, 4.69) is 24.3 Å². The molecule has 1 N–H and O–H groups in total. The largest absolute Gasteiger partial charge is 0.316 e. The van der Waals surface area contributed by atoms with Crippen LogP contribution in [0.5, 0.6) is 0 Å². The van der Waals surface area contributed by atoms with E-state index in [0.717, 1.165) is 17.9 Å². The van der Waals surface area contributed by atoms with Gasteiger partial charge >= 0.3 is 0 Å². The number of hydrogen-bond donors (Lipinski definition) is 1. The summed E-state index contributed by atoms with van der Waals surface area (Å²) in [7, 11) is 4.51. The Morgan fingerprint density at radius 2 is 2.07 bits per heavy atom. The molecule has 2 heteroatoms. The quantitative estimate of drug-likeness (QED) is 0.736. The Bertz CT molecular complexity index is 169. The maximum Gasteiger partial charge on any atom is 0.0120 e. The van der Waals surface area contributed by atoms with Crippen LogP contribution in [0.4, 0.5) is 0 Å². The van der Waals surface area contributed by atoms with Gasteiger partial charge in [-0.2, -0.15) is 0 Å². The van der Waals surface area contributed by atoms with Crippen LogP contribution in [0, 0.1) is 11.8 Å². The summed E-state index contributed by atoms with van der Waals surface area (Å²) in [6, 6.07) is 0.855. The Labute approximate surface area is 88.1 Å². The first-order valence-electron chi connectivity index (χ1n) is 6.14. The van der Waals surface area contributed by atoms with Crippen LogP contribution in [0.3, 0.4) is 0 Å². The van der Waals surface area contributed by atoms with Gasteiger partial charge < -0.3 is 10.2 Å². The molecule has 14 heavy (non-hydrogen) atoms. The van der Waals surface area contributed by atoms with E-state index in [1.54, 1.807) is 0 Å². The molecule has 2 unspecified atom stereocenters. The van der Waals surface area contributed by atoms with Gasteiger partial charge in [0.05, 0.1) is 0 Å². The van der Waals surface area contributed by atoms with Gasteiger partial charge in [-0.05, 0) is 64.7 Å². The molecule has 82 valence electrons. The molecule has 1 saturated carbocycles. The van der Waals surface area contributed by atoms with Crippen molar-refractivity contribution in [2.45, 2.75) is 38.1 Å². The molecule has 0 bridgehead atoms. The minimum atomic E-state index is 0.855. The summed E-state index contributed by atoms with van der Waals surface area (Å²) < 4.78 is 0. The Hall–Kier alpha value is -0.0800. The summed E-state index contributed by atoms with van der Waals surface area (Å²) in [5.41, 5.74) is 0. The van der Waals surface area contributed by atoms with E-state index in [4.69, 9.17) is 0 Å². The average Bonchev–Trinajstić information content (AvgIpc) is 2.52. The van der Waals surface area contributed by atoms with Gasteiger partial charge in [-0.15, -0.1) is 0 Å². The molecule has 1 aliphatic carbocycles. The van der Waals surface area contributed by atoms with Gasteiger partial charge in [-0.1, -0.05) is 6.42 Å². The highest BCUT2D eigenvalue weighted by Gasteiger charge is 2.31. The SMILES string of the molecule is CN(C)C(CC1CCNC1)C1CCC1. The highest BCUT2D eigenvalue weighted by atomic mass is 15.1. The third-order valence-electron chi connectivity index (χ3n) is 4.09. The fourth-order valence-corrected chi connectivity index (χ4v) is 2.91. The van der Waals surface area contributed by atoms with Gasteiger partial charge in [-0.25, -0.2) is 0 Å². The third-order valence-corrected chi connectivity index (χ3v) is 4.09. The lowest BCUT2D eigenvalue weighted by Gasteiger charge is -2.39. The summed E-state index contributed by atoms with van der Waals surface area (Å²) in [5.74, 6) is 1.95. The number of nitrogens with zero attached hydrogens (tertiary/aromatic N) is 1. The molecule has 0 spiro atoms. The predicted molar refractivity (Wildman–Crippen MR) is 60.4 cm³/mol. The second-order valence-electron chi connectivity index (χ2n) is 5.32. The summed E-state index contributed by atoms with van der Waals surface area (Å²) in [6.45, 7) is 2.51. The zero-order valence-corrected chi connectivity index (χ0v) is 9.63. The molecule has 0 aromatic heterocycles. The van der Waals surface area contributed by atoms with Gasteiger partial charge in [-0.3, -0.25) is 0 Å². The van der Waals surface area contributed by atoms with Crippen LogP contribution in [0.1, 0.15) is 32.1 Å². The van der Waals surface area contributed by atoms with E-state index in [1.807, 2.05) is 0 Å². The van der Waals surface area contributed by atoms with Gasteiger partial charge in [0.2, 0.25) is 0 Å². The Balaban J connectivity index is 1.83. The fraction of sp³-hybridized carbons (Fsp3) is 1.00. The second-order valence-corrected chi connectivity index (χ2v) is 5.32.